The molecule has 2 aromatic carbocycles. The van der Waals surface area contributed by atoms with Crippen LogP contribution in [0.1, 0.15) is 5.56 Å². The van der Waals surface area contributed by atoms with Gasteiger partial charge in [0.2, 0.25) is 0 Å². The second-order valence-electron chi connectivity index (χ2n) is 3.61. The molecule has 0 heterocycles. The Kier molecular flexibility index (Phi) is 3.54. The molecule has 2 aromatic rings. The first-order valence-electron chi connectivity index (χ1n) is 5.06. The Labute approximate surface area is 106 Å². The van der Waals surface area contributed by atoms with Gasteiger partial charge in [-0.25, -0.2) is 8.78 Å². The number of hydrogen-bond acceptors (Lipinski definition) is 1. The highest BCUT2D eigenvalue weighted by Gasteiger charge is 2.12. The van der Waals surface area contributed by atoms with Crippen LogP contribution in [0.4, 0.5) is 8.78 Å². The second kappa shape index (κ2) is 4.94. The van der Waals surface area contributed by atoms with Crippen molar-refractivity contribution in [1.82, 2.24) is 0 Å². The summed E-state index contributed by atoms with van der Waals surface area (Å²) in [5.74, 6) is -0.815. The van der Waals surface area contributed by atoms with Crippen LogP contribution in [0.5, 0.6) is 0 Å². The van der Waals surface area contributed by atoms with Crippen molar-refractivity contribution in [3.8, 4) is 11.1 Å². The smallest absolute Gasteiger partial charge is 0.145 e. The molecule has 1 nitrogen and oxygen atoms in total. The van der Waals surface area contributed by atoms with Gasteiger partial charge in [-0.2, -0.15) is 0 Å². The van der Waals surface area contributed by atoms with Crippen molar-refractivity contribution in [2.45, 2.75) is 6.54 Å². The van der Waals surface area contributed by atoms with E-state index in [4.69, 9.17) is 5.73 Å². The maximum absolute atomic E-state index is 13.9. The molecule has 0 amide bonds. The molecule has 4 heteroatoms. The van der Waals surface area contributed by atoms with E-state index in [2.05, 4.69) is 15.9 Å². The van der Waals surface area contributed by atoms with Crippen LogP contribution in [0.3, 0.4) is 0 Å². The summed E-state index contributed by atoms with van der Waals surface area (Å²) >= 11 is 3.11. The maximum Gasteiger partial charge on any atom is 0.145 e. The van der Waals surface area contributed by atoms with E-state index in [1.165, 1.54) is 12.1 Å². The highest BCUT2D eigenvalue weighted by atomic mass is 79.9. The number of halogens is 3. The summed E-state index contributed by atoms with van der Waals surface area (Å²) < 4.78 is 27.5. The van der Waals surface area contributed by atoms with Gasteiger partial charge in [0.05, 0.1) is 4.47 Å². The fraction of sp³-hybridized carbons (Fsp3) is 0.0769. The largest absolute Gasteiger partial charge is 0.326 e. The molecule has 0 saturated carbocycles. The Morgan fingerprint density at radius 1 is 1.06 bits per heavy atom. The third-order valence-corrected chi connectivity index (χ3v) is 3.15. The first-order valence-corrected chi connectivity index (χ1v) is 5.85. The van der Waals surface area contributed by atoms with E-state index in [0.29, 0.717) is 21.2 Å². The molecule has 0 aliphatic rings. The summed E-state index contributed by atoms with van der Waals surface area (Å²) in [4.78, 5) is 0. The van der Waals surface area contributed by atoms with E-state index in [0.717, 1.165) is 0 Å². The molecule has 2 rings (SSSR count). The number of nitrogens with two attached hydrogens (primary N) is 1. The molecule has 0 atom stereocenters. The van der Waals surface area contributed by atoms with Crippen molar-refractivity contribution >= 4 is 15.9 Å². The van der Waals surface area contributed by atoms with Gasteiger partial charge in [-0.05, 0) is 45.3 Å². The molecule has 0 bridgehead atoms. The van der Waals surface area contributed by atoms with Crippen molar-refractivity contribution in [1.29, 1.82) is 0 Å². The van der Waals surface area contributed by atoms with Gasteiger partial charge in [0.25, 0.3) is 0 Å². The van der Waals surface area contributed by atoms with Crippen LogP contribution in [0.2, 0.25) is 0 Å². The summed E-state index contributed by atoms with van der Waals surface area (Å²) in [6.45, 7) is 0.238. The standard InChI is InChI=1S/C13H10BrF2N/c14-12-3-1-2-10(13(12)16)11-6-9(15)5-4-8(11)7-17/h1-6H,7,17H2. The maximum atomic E-state index is 13.9. The highest BCUT2D eigenvalue weighted by Crippen LogP contribution is 2.30. The molecular formula is C13H10BrF2N. The van der Waals surface area contributed by atoms with Gasteiger partial charge in [-0.1, -0.05) is 18.2 Å². The van der Waals surface area contributed by atoms with Gasteiger partial charge in [-0.15, -0.1) is 0 Å². The Hall–Kier alpha value is -1.26. The Balaban J connectivity index is 2.67. The molecule has 0 aromatic heterocycles. The van der Waals surface area contributed by atoms with E-state index in [1.807, 2.05) is 0 Å². The lowest BCUT2D eigenvalue weighted by Gasteiger charge is -2.10. The second-order valence-corrected chi connectivity index (χ2v) is 4.46. The van der Waals surface area contributed by atoms with Crippen LogP contribution in [0.25, 0.3) is 11.1 Å². The van der Waals surface area contributed by atoms with Gasteiger partial charge < -0.3 is 5.73 Å². The number of hydrogen-bond donors (Lipinski definition) is 1. The van der Waals surface area contributed by atoms with E-state index in [-0.39, 0.29) is 6.54 Å². The Morgan fingerprint density at radius 3 is 2.53 bits per heavy atom. The van der Waals surface area contributed by atoms with Crippen molar-refractivity contribution < 1.29 is 8.78 Å². The molecule has 88 valence electrons. The Morgan fingerprint density at radius 2 is 1.82 bits per heavy atom. The van der Waals surface area contributed by atoms with Gasteiger partial charge in [-0.3, -0.25) is 0 Å². The lowest BCUT2D eigenvalue weighted by molar-refractivity contribution is 0.620. The average molecular weight is 298 g/mol. The fourth-order valence-electron chi connectivity index (χ4n) is 1.69. The van der Waals surface area contributed by atoms with Crippen LogP contribution in [-0.2, 0) is 6.54 Å². The first kappa shape index (κ1) is 12.2. The van der Waals surface area contributed by atoms with Crippen molar-refractivity contribution in [3.05, 3.63) is 58.1 Å². The SMILES string of the molecule is NCc1ccc(F)cc1-c1cccc(Br)c1F. The monoisotopic (exact) mass is 297 g/mol. The molecular weight excluding hydrogens is 288 g/mol. The average Bonchev–Trinajstić information content (AvgIpc) is 2.33. The van der Waals surface area contributed by atoms with E-state index >= 15 is 0 Å². The quantitative estimate of drug-likeness (QED) is 0.895. The Bertz CT molecular complexity index is 555. The minimum atomic E-state index is -0.409. The van der Waals surface area contributed by atoms with Crippen molar-refractivity contribution in [2.75, 3.05) is 0 Å². The lowest BCUT2D eigenvalue weighted by Crippen LogP contribution is -2.00. The third-order valence-electron chi connectivity index (χ3n) is 2.53. The van der Waals surface area contributed by atoms with E-state index in [9.17, 15) is 8.78 Å². The van der Waals surface area contributed by atoms with Crippen LogP contribution in [-0.4, -0.2) is 0 Å². The summed E-state index contributed by atoms with van der Waals surface area (Å²) in [5, 5.41) is 0. The van der Waals surface area contributed by atoms with Crippen LogP contribution in [0.15, 0.2) is 40.9 Å². The first-order chi connectivity index (χ1) is 8.13. The third kappa shape index (κ3) is 2.37. The number of benzene rings is 2. The molecule has 0 radical (unpaired) electrons. The van der Waals surface area contributed by atoms with Crippen molar-refractivity contribution in [3.63, 3.8) is 0 Å². The number of rotatable bonds is 2. The zero-order chi connectivity index (χ0) is 12.4. The van der Waals surface area contributed by atoms with Crippen LogP contribution >= 0.6 is 15.9 Å². The highest BCUT2D eigenvalue weighted by molar-refractivity contribution is 9.10. The van der Waals surface area contributed by atoms with E-state index < -0.39 is 11.6 Å². The van der Waals surface area contributed by atoms with Gasteiger partial charge in [0.1, 0.15) is 11.6 Å². The summed E-state index contributed by atoms with van der Waals surface area (Å²) in [6.07, 6.45) is 0. The minimum absolute atomic E-state index is 0.238. The normalized spacial score (nSPS) is 10.6. The lowest BCUT2D eigenvalue weighted by atomic mass is 9.99. The summed E-state index contributed by atoms with van der Waals surface area (Å²) in [7, 11) is 0. The van der Waals surface area contributed by atoms with Crippen molar-refractivity contribution in [2.24, 2.45) is 5.73 Å². The van der Waals surface area contributed by atoms with E-state index in [1.54, 1.807) is 24.3 Å². The molecule has 0 aliphatic carbocycles. The zero-order valence-electron chi connectivity index (χ0n) is 8.88. The zero-order valence-corrected chi connectivity index (χ0v) is 10.5. The van der Waals surface area contributed by atoms with Crippen LogP contribution < -0.4 is 5.73 Å². The topological polar surface area (TPSA) is 26.0 Å². The molecule has 0 aliphatic heterocycles. The minimum Gasteiger partial charge on any atom is -0.326 e. The molecule has 2 N–H and O–H groups in total. The predicted molar refractivity (Wildman–Crippen MR) is 67.4 cm³/mol. The summed E-state index contributed by atoms with van der Waals surface area (Å²) in [6, 6.07) is 9.10. The van der Waals surface area contributed by atoms with Gasteiger partial charge in [0, 0.05) is 12.1 Å². The summed E-state index contributed by atoms with van der Waals surface area (Å²) in [5.41, 5.74) is 7.12. The molecule has 0 spiro atoms. The molecule has 17 heavy (non-hydrogen) atoms. The van der Waals surface area contributed by atoms with Gasteiger partial charge >= 0.3 is 0 Å². The molecule has 0 saturated heterocycles. The van der Waals surface area contributed by atoms with Gasteiger partial charge in [0.15, 0.2) is 0 Å². The fourth-order valence-corrected chi connectivity index (χ4v) is 2.06. The predicted octanol–water partition coefficient (Wildman–Crippen LogP) is 3.85. The molecule has 0 unspecified atom stereocenters. The molecule has 0 fully saturated rings. The van der Waals surface area contributed by atoms with Crippen LogP contribution in [0, 0.1) is 11.6 Å².